The summed E-state index contributed by atoms with van der Waals surface area (Å²) in [6.07, 6.45) is 7.10. The Morgan fingerprint density at radius 3 is 2.87 bits per heavy atom. The molecule has 1 aromatic carbocycles. The summed E-state index contributed by atoms with van der Waals surface area (Å²) in [6.45, 7) is 7.72. The summed E-state index contributed by atoms with van der Waals surface area (Å²) in [4.78, 5) is 16.2. The summed E-state index contributed by atoms with van der Waals surface area (Å²) in [5.74, 6) is 2.14. The first-order valence-corrected chi connectivity index (χ1v) is 11.7. The largest absolute Gasteiger partial charge is 0.380 e. The van der Waals surface area contributed by atoms with Crippen molar-refractivity contribution in [2.75, 3.05) is 5.32 Å². The van der Waals surface area contributed by atoms with E-state index >= 15 is 0 Å². The summed E-state index contributed by atoms with van der Waals surface area (Å²) in [5, 5.41) is 9.31. The molecule has 0 radical (unpaired) electrons. The number of nitrogens with zero attached hydrogens (tertiary/aromatic N) is 2. The second-order valence-corrected chi connectivity index (χ2v) is 10.5. The second-order valence-electron chi connectivity index (χ2n) is 9.72. The number of hydrogen-bond donors (Lipinski definition) is 2. The van der Waals surface area contributed by atoms with Gasteiger partial charge in [-0.05, 0) is 70.0 Å². The van der Waals surface area contributed by atoms with Gasteiger partial charge in [0.2, 0.25) is 0 Å². The van der Waals surface area contributed by atoms with Crippen molar-refractivity contribution in [1.29, 1.82) is 0 Å². The second kappa shape index (κ2) is 7.26. The third-order valence-corrected chi connectivity index (χ3v) is 8.71. The molecule has 0 amide bonds. The molecule has 2 N–H and O–H groups in total. The molecular weight excluding hydrogens is 440 g/mol. The number of para-hydroxylation sites is 1. The summed E-state index contributed by atoms with van der Waals surface area (Å²) in [5.41, 5.74) is 3.53. The van der Waals surface area contributed by atoms with Crippen molar-refractivity contribution >= 4 is 32.5 Å². The Balaban J connectivity index is 1.30. The average Bonchev–Trinajstić information content (AvgIpc) is 3.15. The number of aromatic amines is 1. The third-order valence-electron chi connectivity index (χ3n) is 7.95. The molecule has 30 heavy (non-hydrogen) atoms. The van der Waals surface area contributed by atoms with Crippen LogP contribution < -0.4 is 10.9 Å². The summed E-state index contributed by atoms with van der Waals surface area (Å²) < 4.78 is 2.14. The van der Waals surface area contributed by atoms with Gasteiger partial charge in [-0.3, -0.25) is 4.79 Å². The lowest BCUT2D eigenvalue weighted by Gasteiger charge is -2.62. The lowest BCUT2D eigenvalue weighted by atomic mass is 9.45. The fourth-order valence-corrected chi connectivity index (χ4v) is 6.25. The number of nitrogens with one attached hydrogen (secondary N) is 2. The van der Waals surface area contributed by atoms with Gasteiger partial charge in [0.1, 0.15) is 4.47 Å². The zero-order valence-electron chi connectivity index (χ0n) is 17.8. The van der Waals surface area contributed by atoms with E-state index < -0.39 is 0 Å². The molecule has 0 spiro atoms. The Kier molecular flexibility index (Phi) is 4.80. The van der Waals surface area contributed by atoms with Crippen LogP contribution in [0.25, 0.3) is 10.9 Å². The van der Waals surface area contributed by atoms with Crippen LogP contribution in [0.4, 0.5) is 5.69 Å². The molecule has 158 valence electrons. The van der Waals surface area contributed by atoms with Crippen molar-refractivity contribution < 1.29 is 0 Å². The van der Waals surface area contributed by atoms with Crippen molar-refractivity contribution in [3.05, 3.63) is 57.0 Å². The van der Waals surface area contributed by atoms with Crippen LogP contribution in [0, 0.1) is 23.2 Å². The van der Waals surface area contributed by atoms with Crippen LogP contribution in [0.15, 0.2) is 45.9 Å². The predicted octanol–water partition coefficient (Wildman–Crippen LogP) is 5.21. The van der Waals surface area contributed by atoms with E-state index in [1.54, 1.807) is 10.9 Å². The molecule has 3 fully saturated rings. The maximum atomic E-state index is 12.9. The van der Waals surface area contributed by atoms with Crippen LogP contribution >= 0.6 is 15.9 Å². The molecule has 2 bridgehead atoms. The lowest BCUT2D eigenvalue weighted by molar-refractivity contribution is -0.105. The first-order valence-electron chi connectivity index (χ1n) is 10.9. The molecule has 3 aromatic rings. The van der Waals surface area contributed by atoms with E-state index in [-0.39, 0.29) is 5.56 Å². The first-order chi connectivity index (χ1) is 14.4. The van der Waals surface area contributed by atoms with Crippen molar-refractivity contribution in [1.82, 2.24) is 14.8 Å². The van der Waals surface area contributed by atoms with E-state index in [1.165, 1.54) is 23.8 Å². The first kappa shape index (κ1) is 19.9. The lowest BCUT2D eigenvalue weighted by Crippen LogP contribution is -2.58. The highest BCUT2D eigenvalue weighted by atomic mass is 79.9. The molecule has 3 saturated carbocycles. The molecule has 6 heteroatoms. The fourth-order valence-electron chi connectivity index (χ4n) is 5.83. The number of anilines is 1. The van der Waals surface area contributed by atoms with Gasteiger partial charge in [0, 0.05) is 29.7 Å². The van der Waals surface area contributed by atoms with Crippen LogP contribution in [-0.4, -0.2) is 20.8 Å². The quantitative estimate of drug-likeness (QED) is 0.539. The van der Waals surface area contributed by atoms with E-state index in [2.05, 4.69) is 64.2 Å². The number of rotatable bonds is 5. The Morgan fingerprint density at radius 2 is 2.10 bits per heavy atom. The van der Waals surface area contributed by atoms with E-state index in [0.29, 0.717) is 28.4 Å². The van der Waals surface area contributed by atoms with Gasteiger partial charge in [-0.25, -0.2) is 4.68 Å². The van der Waals surface area contributed by atoms with E-state index in [1.807, 2.05) is 18.3 Å². The van der Waals surface area contributed by atoms with Crippen molar-refractivity contribution in [3.8, 4) is 0 Å². The molecule has 4 atom stereocenters. The zero-order chi connectivity index (χ0) is 21.0. The number of H-pyrrole nitrogens is 1. The topological polar surface area (TPSA) is 62.7 Å². The summed E-state index contributed by atoms with van der Waals surface area (Å²) in [6, 6.07) is 8.64. The third kappa shape index (κ3) is 3.11. The number of aryl methyl sites for hydroxylation is 2. The summed E-state index contributed by atoms with van der Waals surface area (Å²) >= 11 is 3.54. The monoisotopic (exact) mass is 468 g/mol. The van der Waals surface area contributed by atoms with E-state index in [4.69, 9.17) is 0 Å². The molecule has 3 aliphatic carbocycles. The van der Waals surface area contributed by atoms with Gasteiger partial charge in [-0.15, -0.1) is 0 Å². The summed E-state index contributed by atoms with van der Waals surface area (Å²) in [7, 11) is 0. The van der Waals surface area contributed by atoms with Gasteiger partial charge < -0.3 is 10.3 Å². The van der Waals surface area contributed by atoms with Crippen molar-refractivity contribution in [3.63, 3.8) is 0 Å². The molecule has 0 saturated heterocycles. The molecule has 0 aliphatic heterocycles. The van der Waals surface area contributed by atoms with Gasteiger partial charge in [0.05, 0.1) is 11.9 Å². The van der Waals surface area contributed by atoms with Crippen LogP contribution in [-0.2, 0) is 13.0 Å². The Morgan fingerprint density at radius 1 is 1.30 bits per heavy atom. The number of benzene rings is 1. The Hall–Kier alpha value is -2.08. The van der Waals surface area contributed by atoms with Gasteiger partial charge in [-0.1, -0.05) is 39.0 Å². The van der Waals surface area contributed by atoms with Crippen LogP contribution in [0.2, 0.25) is 0 Å². The predicted molar refractivity (Wildman–Crippen MR) is 125 cm³/mol. The minimum absolute atomic E-state index is 0.0752. The van der Waals surface area contributed by atoms with Gasteiger partial charge in [0.15, 0.2) is 0 Å². The Bertz CT molecular complexity index is 1150. The molecule has 2 heterocycles. The minimum Gasteiger partial charge on any atom is -0.380 e. The van der Waals surface area contributed by atoms with Gasteiger partial charge in [-0.2, -0.15) is 5.10 Å². The average molecular weight is 469 g/mol. The minimum atomic E-state index is -0.0752. The fraction of sp³-hybridized carbons (Fsp3) is 0.500. The number of halogens is 1. The highest BCUT2D eigenvalue weighted by Gasteiger charge is 2.56. The molecule has 6 rings (SSSR count). The van der Waals surface area contributed by atoms with Crippen molar-refractivity contribution in [2.45, 2.75) is 52.6 Å². The molecule has 0 unspecified atom stereocenters. The number of hydrogen-bond acceptors (Lipinski definition) is 3. The standard InChI is InChI=1S/C24H29BrN4O/c1-14-18-10-16(24(18,2)3)11-20(14)28-21-13-27-29(23(30)22(21)25)9-8-15-12-26-19-7-5-4-6-17(15)19/h4-7,12-14,16,18,20,26,28H,8-11H2,1-3H3/t14-,16+,18-,20-/m1/s1. The van der Waals surface area contributed by atoms with Crippen LogP contribution in [0.3, 0.4) is 0 Å². The maximum Gasteiger partial charge on any atom is 0.283 e. The van der Waals surface area contributed by atoms with Crippen LogP contribution in [0.5, 0.6) is 0 Å². The smallest absolute Gasteiger partial charge is 0.283 e. The zero-order valence-corrected chi connectivity index (χ0v) is 19.4. The highest BCUT2D eigenvalue weighted by Crippen LogP contribution is 2.61. The normalized spacial score (nSPS) is 27.1. The van der Waals surface area contributed by atoms with Gasteiger partial charge >= 0.3 is 0 Å². The number of fused-ring (bicyclic) bond motifs is 3. The van der Waals surface area contributed by atoms with Gasteiger partial charge in [0.25, 0.3) is 5.56 Å². The molecule has 2 aromatic heterocycles. The molecule has 5 nitrogen and oxygen atoms in total. The Labute approximate surface area is 185 Å². The molecule has 3 aliphatic rings. The van der Waals surface area contributed by atoms with Crippen LogP contribution in [0.1, 0.15) is 39.2 Å². The SMILES string of the molecule is C[C@@H]1[C@H]2C[C@@H](C[C@H]1Nc1cnn(CCc3c[nH]c4ccccc34)c(=O)c1Br)C2(C)C. The maximum absolute atomic E-state index is 12.9. The van der Waals surface area contributed by atoms with E-state index in [0.717, 1.165) is 29.5 Å². The van der Waals surface area contributed by atoms with Crippen molar-refractivity contribution in [2.24, 2.45) is 23.2 Å². The molecular formula is C24H29BrN4O. The van der Waals surface area contributed by atoms with E-state index in [9.17, 15) is 4.79 Å². The highest BCUT2D eigenvalue weighted by molar-refractivity contribution is 9.10. The number of aromatic nitrogens is 3.